The predicted octanol–water partition coefficient (Wildman–Crippen LogP) is 2.55. The summed E-state index contributed by atoms with van der Waals surface area (Å²) in [6.07, 6.45) is 5.16. The van der Waals surface area contributed by atoms with Crippen molar-refractivity contribution in [3.63, 3.8) is 0 Å². The van der Waals surface area contributed by atoms with E-state index in [1.165, 1.54) is 18.5 Å². The molecule has 0 saturated carbocycles. The van der Waals surface area contributed by atoms with Crippen molar-refractivity contribution in [3.8, 4) is 0 Å². The highest BCUT2D eigenvalue weighted by atomic mass is 32.1. The van der Waals surface area contributed by atoms with Crippen LogP contribution in [0.5, 0.6) is 0 Å². The van der Waals surface area contributed by atoms with Crippen molar-refractivity contribution in [3.05, 3.63) is 46.2 Å². The summed E-state index contributed by atoms with van der Waals surface area (Å²) in [5, 5.41) is 6.82. The standard InChI is InChI=1S/C13H15N3S/c1-2-6-14-10(4-1)8-13-16-12(9-17-13)11-5-3-7-15-11/h1-2,4,6,9,11,15H,3,5,7-8H2. The molecular formula is C13H15N3S. The fraction of sp³-hybridized carbons (Fsp3) is 0.385. The van der Waals surface area contributed by atoms with Crippen LogP contribution in [0.4, 0.5) is 0 Å². The van der Waals surface area contributed by atoms with E-state index >= 15 is 0 Å². The first kappa shape index (κ1) is 10.9. The van der Waals surface area contributed by atoms with E-state index in [4.69, 9.17) is 4.98 Å². The molecule has 0 spiro atoms. The molecule has 88 valence electrons. The summed E-state index contributed by atoms with van der Waals surface area (Å²) < 4.78 is 0. The van der Waals surface area contributed by atoms with Crippen LogP contribution in [0.1, 0.15) is 35.3 Å². The number of rotatable bonds is 3. The summed E-state index contributed by atoms with van der Waals surface area (Å²) in [5.41, 5.74) is 2.30. The molecular weight excluding hydrogens is 230 g/mol. The molecule has 1 fully saturated rings. The molecule has 1 atom stereocenters. The highest BCUT2D eigenvalue weighted by Gasteiger charge is 2.18. The Morgan fingerprint density at radius 1 is 1.41 bits per heavy atom. The van der Waals surface area contributed by atoms with Crippen LogP contribution in [-0.4, -0.2) is 16.5 Å². The first-order valence-electron chi connectivity index (χ1n) is 5.99. The van der Waals surface area contributed by atoms with E-state index in [0.29, 0.717) is 6.04 Å². The number of nitrogens with zero attached hydrogens (tertiary/aromatic N) is 2. The van der Waals surface area contributed by atoms with E-state index < -0.39 is 0 Å². The Morgan fingerprint density at radius 3 is 3.18 bits per heavy atom. The van der Waals surface area contributed by atoms with Crippen molar-refractivity contribution in [1.29, 1.82) is 0 Å². The second-order valence-electron chi connectivity index (χ2n) is 4.31. The van der Waals surface area contributed by atoms with Gasteiger partial charge in [-0.3, -0.25) is 4.98 Å². The van der Waals surface area contributed by atoms with Crippen LogP contribution in [0.25, 0.3) is 0 Å². The number of hydrogen-bond acceptors (Lipinski definition) is 4. The average molecular weight is 245 g/mol. The molecule has 1 unspecified atom stereocenters. The van der Waals surface area contributed by atoms with Gasteiger partial charge < -0.3 is 5.32 Å². The number of aromatic nitrogens is 2. The minimum atomic E-state index is 0.476. The largest absolute Gasteiger partial charge is 0.309 e. The quantitative estimate of drug-likeness (QED) is 0.903. The van der Waals surface area contributed by atoms with Crippen LogP contribution in [0.15, 0.2) is 29.8 Å². The Labute approximate surface area is 105 Å². The maximum absolute atomic E-state index is 4.70. The lowest BCUT2D eigenvalue weighted by molar-refractivity contribution is 0.630. The maximum Gasteiger partial charge on any atom is 0.0988 e. The molecule has 0 amide bonds. The second kappa shape index (κ2) is 4.94. The van der Waals surface area contributed by atoms with Gasteiger partial charge in [-0.2, -0.15) is 0 Å². The first-order chi connectivity index (χ1) is 8.42. The minimum absolute atomic E-state index is 0.476. The lowest BCUT2D eigenvalue weighted by Gasteiger charge is -2.04. The van der Waals surface area contributed by atoms with Crippen molar-refractivity contribution in [1.82, 2.24) is 15.3 Å². The van der Waals surface area contributed by atoms with Gasteiger partial charge in [0.1, 0.15) is 0 Å². The SMILES string of the molecule is c1ccc(Cc2nc(C3CCCN3)cs2)nc1. The smallest absolute Gasteiger partial charge is 0.0988 e. The minimum Gasteiger partial charge on any atom is -0.309 e. The van der Waals surface area contributed by atoms with Crippen LogP contribution < -0.4 is 5.32 Å². The summed E-state index contributed by atoms with van der Waals surface area (Å²) in [6.45, 7) is 1.12. The van der Waals surface area contributed by atoms with Gasteiger partial charge in [-0.15, -0.1) is 11.3 Å². The molecule has 0 aromatic carbocycles. The zero-order valence-electron chi connectivity index (χ0n) is 9.60. The molecule has 17 heavy (non-hydrogen) atoms. The van der Waals surface area contributed by atoms with Gasteiger partial charge in [0.2, 0.25) is 0 Å². The Morgan fingerprint density at radius 2 is 2.41 bits per heavy atom. The number of pyridine rings is 1. The third kappa shape index (κ3) is 2.53. The van der Waals surface area contributed by atoms with Gasteiger partial charge in [-0.05, 0) is 31.5 Å². The summed E-state index contributed by atoms with van der Waals surface area (Å²) in [5.74, 6) is 0. The van der Waals surface area contributed by atoms with Gasteiger partial charge in [0, 0.05) is 23.7 Å². The molecule has 4 heteroatoms. The Balaban J connectivity index is 1.72. The monoisotopic (exact) mass is 245 g/mol. The van der Waals surface area contributed by atoms with E-state index in [-0.39, 0.29) is 0 Å². The average Bonchev–Trinajstić information content (AvgIpc) is 3.00. The van der Waals surface area contributed by atoms with Crippen LogP contribution in [0.2, 0.25) is 0 Å². The van der Waals surface area contributed by atoms with E-state index in [1.54, 1.807) is 11.3 Å². The third-order valence-electron chi connectivity index (χ3n) is 3.05. The van der Waals surface area contributed by atoms with Gasteiger partial charge in [-0.1, -0.05) is 6.07 Å². The van der Waals surface area contributed by atoms with Crippen LogP contribution >= 0.6 is 11.3 Å². The number of thiazole rings is 1. The van der Waals surface area contributed by atoms with Crippen LogP contribution in [0.3, 0.4) is 0 Å². The molecule has 1 saturated heterocycles. The molecule has 0 aliphatic carbocycles. The molecule has 3 heterocycles. The van der Waals surface area contributed by atoms with Crippen LogP contribution in [0, 0.1) is 0 Å². The maximum atomic E-state index is 4.70. The highest BCUT2D eigenvalue weighted by molar-refractivity contribution is 7.09. The van der Waals surface area contributed by atoms with Crippen LogP contribution in [-0.2, 0) is 6.42 Å². The molecule has 0 radical (unpaired) electrons. The molecule has 3 nitrogen and oxygen atoms in total. The topological polar surface area (TPSA) is 37.8 Å². The molecule has 2 aromatic rings. The third-order valence-corrected chi connectivity index (χ3v) is 3.91. The molecule has 3 rings (SSSR count). The van der Waals surface area contributed by atoms with Gasteiger partial charge in [0.15, 0.2) is 0 Å². The second-order valence-corrected chi connectivity index (χ2v) is 5.26. The number of hydrogen-bond donors (Lipinski definition) is 1. The zero-order chi connectivity index (χ0) is 11.5. The Bertz CT molecular complexity index is 474. The highest BCUT2D eigenvalue weighted by Crippen LogP contribution is 2.25. The van der Waals surface area contributed by atoms with Gasteiger partial charge in [0.25, 0.3) is 0 Å². The van der Waals surface area contributed by atoms with E-state index in [2.05, 4.69) is 21.7 Å². The Kier molecular flexibility index (Phi) is 3.16. The van der Waals surface area contributed by atoms with E-state index in [9.17, 15) is 0 Å². The molecule has 1 aliphatic heterocycles. The van der Waals surface area contributed by atoms with Gasteiger partial charge in [0.05, 0.1) is 16.7 Å². The van der Waals surface area contributed by atoms with Gasteiger partial charge >= 0.3 is 0 Å². The summed E-state index contributed by atoms with van der Waals surface area (Å²) in [4.78, 5) is 9.04. The van der Waals surface area contributed by atoms with Crippen molar-refractivity contribution in [2.24, 2.45) is 0 Å². The fourth-order valence-electron chi connectivity index (χ4n) is 2.16. The van der Waals surface area contributed by atoms with Crippen molar-refractivity contribution < 1.29 is 0 Å². The van der Waals surface area contributed by atoms with Crippen molar-refractivity contribution in [2.45, 2.75) is 25.3 Å². The molecule has 0 bridgehead atoms. The lowest BCUT2D eigenvalue weighted by atomic mass is 10.2. The zero-order valence-corrected chi connectivity index (χ0v) is 10.4. The predicted molar refractivity (Wildman–Crippen MR) is 69.1 cm³/mol. The van der Waals surface area contributed by atoms with Crippen molar-refractivity contribution in [2.75, 3.05) is 6.54 Å². The fourth-order valence-corrected chi connectivity index (χ4v) is 3.02. The lowest BCUT2D eigenvalue weighted by Crippen LogP contribution is -2.13. The molecule has 1 aliphatic rings. The van der Waals surface area contributed by atoms with E-state index in [0.717, 1.165) is 23.7 Å². The van der Waals surface area contributed by atoms with Gasteiger partial charge in [-0.25, -0.2) is 4.98 Å². The molecule has 2 aromatic heterocycles. The molecule has 1 N–H and O–H groups in total. The summed E-state index contributed by atoms with van der Waals surface area (Å²) in [7, 11) is 0. The summed E-state index contributed by atoms with van der Waals surface area (Å²) in [6, 6.07) is 6.49. The number of nitrogens with one attached hydrogen (secondary N) is 1. The first-order valence-corrected chi connectivity index (χ1v) is 6.87. The van der Waals surface area contributed by atoms with Crippen molar-refractivity contribution >= 4 is 11.3 Å². The normalized spacial score (nSPS) is 19.6. The Hall–Kier alpha value is -1.26. The summed E-state index contributed by atoms with van der Waals surface area (Å²) >= 11 is 1.74. The van der Waals surface area contributed by atoms with E-state index in [1.807, 2.05) is 18.3 Å².